The summed E-state index contributed by atoms with van der Waals surface area (Å²) < 4.78 is 12.6. The van der Waals surface area contributed by atoms with Gasteiger partial charge in [-0.15, -0.1) is 11.3 Å². The zero-order valence-corrected chi connectivity index (χ0v) is 7.26. The Morgan fingerprint density at radius 1 is 1.50 bits per heavy atom. The van der Waals surface area contributed by atoms with Crippen LogP contribution in [-0.2, 0) is 0 Å². The first-order chi connectivity index (χ1) is 4.61. The highest BCUT2D eigenvalue weighted by molar-refractivity contribution is 7.10. The fourth-order valence-corrected chi connectivity index (χ4v) is 1.92. The van der Waals surface area contributed by atoms with Crippen molar-refractivity contribution in [2.24, 2.45) is 0 Å². The van der Waals surface area contributed by atoms with Crippen LogP contribution in [-0.4, -0.2) is 0 Å². The molecule has 10 heavy (non-hydrogen) atoms. The van der Waals surface area contributed by atoms with E-state index in [2.05, 4.69) is 13.8 Å². The van der Waals surface area contributed by atoms with E-state index in [0.29, 0.717) is 5.92 Å². The summed E-state index contributed by atoms with van der Waals surface area (Å²) in [5, 5.41) is -0.0683. The molecule has 0 unspecified atom stereocenters. The number of rotatable bonds is 1. The lowest BCUT2D eigenvalue weighted by Gasteiger charge is -2.00. The van der Waals surface area contributed by atoms with E-state index in [1.54, 1.807) is 6.07 Å². The van der Waals surface area contributed by atoms with Crippen LogP contribution in [0.2, 0.25) is 0 Å². The van der Waals surface area contributed by atoms with E-state index in [4.69, 9.17) is 0 Å². The molecule has 0 radical (unpaired) electrons. The highest BCUT2D eigenvalue weighted by Crippen LogP contribution is 2.26. The quantitative estimate of drug-likeness (QED) is 0.588. The molecule has 0 atom stereocenters. The van der Waals surface area contributed by atoms with Gasteiger partial charge in [-0.1, -0.05) is 13.8 Å². The van der Waals surface area contributed by atoms with Gasteiger partial charge < -0.3 is 0 Å². The Hall–Kier alpha value is -0.370. The molecule has 1 rings (SSSR count). The Bertz CT molecular complexity index is 225. The molecule has 0 fully saturated rings. The van der Waals surface area contributed by atoms with Gasteiger partial charge in [-0.25, -0.2) is 0 Å². The van der Waals surface area contributed by atoms with Gasteiger partial charge in [-0.05, 0) is 24.5 Å². The van der Waals surface area contributed by atoms with Crippen molar-refractivity contribution < 1.29 is 4.39 Å². The topological polar surface area (TPSA) is 0 Å². The highest BCUT2D eigenvalue weighted by atomic mass is 32.1. The third-order valence-corrected chi connectivity index (χ3v) is 2.40. The van der Waals surface area contributed by atoms with E-state index in [1.807, 2.05) is 6.92 Å². The molecule has 0 amide bonds. The van der Waals surface area contributed by atoms with Crippen LogP contribution < -0.4 is 0 Å². The van der Waals surface area contributed by atoms with E-state index >= 15 is 0 Å². The molecule has 0 aliphatic rings. The predicted octanol–water partition coefficient (Wildman–Crippen LogP) is 3.32. The molecule has 1 aromatic rings. The first-order valence-electron chi connectivity index (χ1n) is 3.37. The van der Waals surface area contributed by atoms with Crippen LogP contribution in [0, 0.1) is 12.1 Å². The molecule has 56 valence electrons. The summed E-state index contributed by atoms with van der Waals surface area (Å²) in [6, 6.07) is 1.63. The van der Waals surface area contributed by atoms with E-state index in [0.717, 1.165) is 10.4 Å². The molecule has 1 aromatic heterocycles. The Morgan fingerprint density at radius 2 is 2.10 bits per heavy atom. The third-order valence-electron chi connectivity index (χ3n) is 1.55. The summed E-state index contributed by atoms with van der Waals surface area (Å²) in [4.78, 5) is 1.10. The van der Waals surface area contributed by atoms with Gasteiger partial charge in [0, 0.05) is 4.88 Å². The minimum absolute atomic E-state index is 0.0683. The minimum atomic E-state index is -0.0683. The molecule has 0 saturated heterocycles. The van der Waals surface area contributed by atoms with Gasteiger partial charge in [0.1, 0.15) is 0 Å². The number of hydrogen-bond donors (Lipinski definition) is 0. The van der Waals surface area contributed by atoms with Gasteiger partial charge in [-0.3, -0.25) is 0 Å². The Morgan fingerprint density at radius 3 is 2.30 bits per heavy atom. The highest BCUT2D eigenvalue weighted by Gasteiger charge is 2.07. The number of halogens is 1. The van der Waals surface area contributed by atoms with Gasteiger partial charge >= 0.3 is 0 Å². The fourth-order valence-electron chi connectivity index (χ4n) is 1.03. The fraction of sp³-hybridized carbons (Fsp3) is 0.500. The molecule has 0 N–H and O–H groups in total. The monoisotopic (exact) mass is 158 g/mol. The maximum atomic E-state index is 12.6. The zero-order valence-electron chi connectivity index (χ0n) is 6.44. The second-order valence-electron chi connectivity index (χ2n) is 2.72. The summed E-state index contributed by atoms with van der Waals surface area (Å²) in [5.41, 5.74) is 1.14. The average Bonchev–Trinajstić information content (AvgIpc) is 2.10. The van der Waals surface area contributed by atoms with Crippen LogP contribution in [0.5, 0.6) is 0 Å². The molecule has 0 spiro atoms. The van der Waals surface area contributed by atoms with Gasteiger partial charge in [0.15, 0.2) is 5.13 Å². The Labute approximate surface area is 64.7 Å². The van der Waals surface area contributed by atoms with Gasteiger partial charge in [-0.2, -0.15) is 4.39 Å². The maximum absolute atomic E-state index is 12.6. The summed E-state index contributed by atoms with van der Waals surface area (Å²) >= 11 is 1.23. The van der Waals surface area contributed by atoms with Crippen LogP contribution in [0.3, 0.4) is 0 Å². The van der Waals surface area contributed by atoms with Gasteiger partial charge in [0.25, 0.3) is 0 Å². The van der Waals surface area contributed by atoms with E-state index < -0.39 is 0 Å². The number of thiophene rings is 1. The van der Waals surface area contributed by atoms with Crippen molar-refractivity contribution >= 4 is 11.3 Å². The molecule has 0 nitrogen and oxygen atoms in total. The Kier molecular flexibility index (Phi) is 2.09. The van der Waals surface area contributed by atoms with Crippen LogP contribution >= 0.6 is 11.3 Å². The molecule has 0 saturated carbocycles. The van der Waals surface area contributed by atoms with Crippen molar-refractivity contribution in [1.29, 1.82) is 0 Å². The normalized spacial score (nSPS) is 10.9. The smallest absolute Gasteiger partial charge is 0.176 e. The lowest BCUT2D eigenvalue weighted by atomic mass is 10.1. The standard InChI is InChI=1S/C8H11FS/c1-5(2)7-4-8(9)10-6(7)3/h4-5H,1-3H3. The SMILES string of the molecule is Cc1sc(F)cc1C(C)C. The summed E-state index contributed by atoms with van der Waals surface area (Å²) in [6.07, 6.45) is 0. The predicted molar refractivity (Wildman–Crippen MR) is 43.1 cm³/mol. The van der Waals surface area contributed by atoms with Crippen LogP contribution in [0.15, 0.2) is 6.07 Å². The minimum Gasteiger partial charge on any atom is -0.195 e. The van der Waals surface area contributed by atoms with Crippen LogP contribution in [0.1, 0.15) is 30.2 Å². The number of aryl methyl sites for hydroxylation is 1. The van der Waals surface area contributed by atoms with Crippen molar-refractivity contribution in [2.45, 2.75) is 26.7 Å². The van der Waals surface area contributed by atoms with Crippen LogP contribution in [0.4, 0.5) is 4.39 Å². The molecule has 0 aromatic carbocycles. The largest absolute Gasteiger partial charge is 0.195 e. The van der Waals surface area contributed by atoms with E-state index in [-0.39, 0.29) is 5.13 Å². The lowest BCUT2D eigenvalue weighted by molar-refractivity contribution is 0.654. The molecular formula is C8H11FS. The third kappa shape index (κ3) is 1.37. The first-order valence-corrected chi connectivity index (χ1v) is 4.18. The first kappa shape index (κ1) is 7.73. The molecule has 1 heterocycles. The van der Waals surface area contributed by atoms with Crippen molar-refractivity contribution in [3.05, 3.63) is 21.6 Å². The number of hydrogen-bond acceptors (Lipinski definition) is 1. The molecule has 2 heteroatoms. The van der Waals surface area contributed by atoms with Crippen molar-refractivity contribution in [3.63, 3.8) is 0 Å². The van der Waals surface area contributed by atoms with Crippen molar-refractivity contribution in [2.75, 3.05) is 0 Å². The zero-order chi connectivity index (χ0) is 7.72. The van der Waals surface area contributed by atoms with Gasteiger partial charge in [0.2, 0.25) is 0 Å². The van der Waals surface area contributed by atoms with Crippen molar-refractivity contribution in [1.82, 2.24) is 0 Å². The second-order valence-corrected chi connectivity index (χ2v) is 3.92. The maximum Gasteiger partial charge on any atom is 0.176 e. The molecular weight excluding hydrogens is 147 g/mol. The van der Waals surface area contributed by atoms with Crippen molar-refractivity contribution in [3.8, 4) is 0 Å². The van der Waals surface area contributed by atoms with Gasteiger partial charge in [0.05, 0.1) is 0 Å². The molecule has 0 aliphatic heterocycles. The summed E-state index contributed by atoms with van der Waals surface area (Å²) in [6.45, 7) is 6.12. The Balaban J connectivity index is 3.03. The molecule has 0 aliphatic carbocycles. The lowest BCUT2D eigenvalue weighted by Crippen LogP contribution is -1.84. The average molecular weight is 158 g/mol. The molecule has 0 bridgehead atoms. The summed E-state index contributed by atoms with van der Waals surface area (Å²) in [5.74, 6) is 0.445. The van der Waals surface area contributed by atoms with Crippen LogP contribution in [0.25, 0.3) is 0 Å². The van der Waals surface area contributed by atoms with E-state index in [9.17, 15) is 4.39 Å². The summed E-state index contributed by atoms with van der Waals surface area (Å²) in [7, 11) is 0. The van der Waals surface area contributed by atoms with E-state index in [1.165, 1.54) is 11.3 Å². The second kappa shape index (κ2) is 2.70.